The average molecular weight is 380 g/mol. The van der Waals surface area contributed by atoms with Gasteiger partial charge in [-0.2, -0.15) is 0 Å². The Morgan fingerprint density at radius 3 is 1.79 bits per heavy atom. The van der Waals surface area contributed by atoms with Crippen LogP contribution in [0.1, 0.15) is 20.7 Å². The van der Waals surface area contributed by atoms with Crippen molar-refractivity contribution in [2.45, 2.75) is 6.10 Å². The number of H-pyrrole nitrogens is 2. The van der Waals surface area contributed by atoms with Crippen LogP contribution in [0.15, 0.2) is 36.4 Å². The number of fused-ring (bicyclic) bond motifs is 2. The molecule has 0 saturated heterocycles. The number of hydrogen-bond donors (Lipinski definition) is 5. The molecule has 0 radical (unpaired) electrons. The van der Waals surface area contributed by atoms with Crippen LogP contribution in [0, 0.1) is 0 Å². The van der Waals surface area contributed by atoms with Crippen LogP contribution in [-0.4, -0.2) is 66.9 Å². The van der Waals surface area contributed by atoms with Gasteiger partial charge in [0, 0.05) is 24.2 Å². The van der Waals surface area contributed by atoms with E-state index in [-0.39, 0.29) is 24.9 Å². The fraction of sp³-hybridized carbons (Fsp3) is 0.176. The lowest BCUT2D eigenvalue weighted by Crippen LogP contribution is -2.40. The van der Waals surface area contributed by atoms with E-state index in [4.69, 9.17) is 0 Å². The van der Waals surface area contributed by atoms with E-state index in [0.29, 0.717) is 33.2 Å². The van der Waals surface area contributed by atoms with Crippen molar-refractivity contribution in [2.24, 2.45) is 0 Å². The predicted octanol–water partition coefficient (Wildman–Crippen LogP) is -0.250. The zero-order valence-electron chi connectivity index (χ0n) is 14.5. The molecule has 2 heterocycles. The highest BCUT2D eigenvalue weighted by Gasteiger charge is 2.13. The summed E-state index contributed by atoms with van der Waals surface area (Å²) in [6, 6.07) is 9.84. The van der Waals surface area contributed by atoms with Gasteiger partial charge < -0.3 is 15.7 Å². The summed E-state index contributed by atoms with van der Waals surface area (Å²) in [5.74, 6) is -0.696. The molecule has 0 unspecified atom stereocenters. The number of carbonyl (C=O) groups excluding carboxylic acids is 2. The summed E-state index contributed by atoms with van der Waals surface area (Å²) in [5, 5.41) is 35.7. The highest BCUT2D eigenvalue weighted by molar-refractivity contribution is 5.98. The normalized spacial score (nSPS) is 11.2. The summed E-state index contributed by atoms with van der Waals surface area (Å²) in [7, 11) is 0. The van der Waals surface area contributed by atoms with Gasteiger partial charge in [-0.15, -0.1) is 10.2 Å². The van der Waals surface area contributed by atoms with Crippen LogP contribution in [0.4, 0.5) is 0 Å². The molecular formula is C17H16N8O3. The number of aliphatic hydroxyl groups is 1. The summed E-state index contributed by atoms with van der Waals surface area (Å²) in [6.45, 7) is -0.0240. The van der Waals surface area contributed by atoms with Crippen molar-refractivity contribution in [3.8, 4) is 0 Å². The first-order chi connectivity index (χ1) is 13.6. The standard InChI is InChI=1S/C17H16N8O3/c26-11(7-18-16(27)9-1-3-12-14(5-9)22-24-20-12)8-19-17(28)10-2-4-13-15(6-10)23-25-21-13/h1-6,11,26H,7-8H2,(H,18,27)(H,19,28)(H,20,22,24)(H,21,23,25). The van der Waals surface area contributed by atoms with Gasteiger partial charge >= 0.3 is 0 Å². The van der Waals surface area contributed by atoms with Crippen molar-refractivity contribution in [3.63, 3.8) is 0 Å². The Bertz CT molecular complexity index is 1060. The van der Waals surface area contributed by atoms with Crippen LogP contribution < -0.4 is 10.6 Å². The van der Waals surface area contributed by atoms with Crippen LogP contribution in [-0.2, 0) is 0 Å². The van der Waals surface area contributed by atoms with Gasteiger partial charge in [-0.05, 0) is 36.4 Å². The van der Waals surface area contributed by atoms with E-state index in [1.54, 1.807) is 36.4 Å². The number of nitrogens with one attached hydrogen (secondary N) is 4. The maximum absolute atomic E-state index is 12.2. The second kappa shape index (κ2) is 7.40. The molecule has 5 N–H and O–H groups in total. The first-order valence-corrected chi connectivity index (χ1v) is 8.46. The Hall–Kier alpha value is -3.86. The molecule has 2 aromatic heterocycles. The van der Waals surface area contributed by atoms with Crippen molar-refractivity contribution < 1.29 is 14.7 Å². The fourth-order valence-electron chi connectivity index (χ4n) is 2.67. The molecule has 0 aliphatic rings. The monoisotopic (exact) mass is 380 g/mol. The lowest BCUT2D eigenvalue weighted by atomic mass is 10.1. The number of amides is 2. The Morgan fingerprint density at radius 2 is 1.32 bits per heavy atom. The second-order valence-corrected chi connectivity index (χ2v) is 6.16. The van der Waals surface area contributed by atoms with Gasteiger partial charge in [-0.3, -0.25) is 19.8 Å². The highest BCUT2D eigenvalue weighted by atomic mass is 16.3. The summed E-state index contributed by atoms with van der Waals surface area (Å²) >= 11 is 0. The van der Waals surface area contributed by atoms with Crippen molar-refractivity contribution in [3.05, 3.63) is 47.5 Å². The molecule has 0 aliphatic carbocycles. The summed E-state index contributed by atoms with van der Waals surface area (Å²) in [5.41, 5.74) is 3.43. The van der Waals surface area contributed by atoms with Crippen molar-refractivity contribution >= 4 is 33.9 Å². The zero-order chi connectivity index (χ0) is 19.5. The molecule has 11 heteroatoms. The fourth-order valence-corrected chi connectivity index (χ4v) is 2.67. The molecule has 0 bridgehead atoms. The number of rotatable bonds is 6. The minimum absolute atomic E-state index is 0.0120. The van der Waals surface area contributed by atoms with Gasteiger partial charge in [0.15, 0.2) is 0 Å². The van der Waals surface area contributed by atoms with E-state index >= 15 is 0 Å². The molecule has 4 rings (SSSR count). The van der Waals surface area contributed by atoms with Gasteiger partial charge in [-0.1, -0.05) is 10.4 Å². The second-order valence-electron chi connectivity index (χ2n) is 6.16. The summed E-state index contributed by atoms with van der Waals surface area (Å²) < 4.78 is 0. The third-order valence-corrected chi connectivity index (χ3v) is 4.17. The maximum Gasteiger partial charge on any atom is 0.251 e. The Morgan fingerprint density at radius 1 is 0.857 bits per heavy atom. The molecular weight excluding hydrogens is 364 g/mol. The maximum atomic E-state index is 12.2. The average Bonchev–Trinajstić information content (AvgIpc) is 3.37. The van der Waals surface area contributed by atoms with E-state index in [1.165, 1.54) is 0 Å². The number of hydrogen-bond acceptors (Lipinski definition) is 7. The first kappa shape index (κ1) is 17.5. The molecule has 2 aromatic carbocycles. The largest absolute Gasteiger partial charge is 0.389 e. The molecule has 0 fully saturated rings. The molecule has 2 amide bonds. The van der Waals surface area contributed by atoms with Crippen LogP contribution in [0.5, 0.6) is 0 Å². The number of carbonyl (C=O) groups is 2. The quantitative estimate of drug-likeness (QED) is 0.308. The van der Waals surface area contributed by atoms with Crippen molar-refractivity contribution in [1.29, 1.82) is 0 Å². The SMILES string of the molecule is O=C(NCC(O)CNC(=O)c1ccc2nn[nH]c2c1)c1ccc2nn[nH]c2c1. The van der Waals surface area contributed by atoms with Gasteiger partial charge in [0.2, 0.25) is 0 Å². The van der Waals surface area contributed by atoms with Crippen LogP contribution in [0.2, 0.25) is 0 Å². The predicted molar refractivity (Wildman–Crippen MR) is 98.5 cm³/mol. The summed E-state index contributed by atoms with van der Waals surface area (Å²) in [6.07, 6.45) is -0.942. The Labute approximate surface area is 157 Å². The van der Waals surface area contributed by atoms with E-state index in [9.17, 15) is 14.7 Å². The molecule has 0 spiro atoms. The van der Waals surface area contributed by atoms with Crippen LogP contribution >= 0.6 is 0 Å². The minimum atomic E-state index is -0.942. The lowest BCUT2D eigenvalue weighted by molar-refractivity contribution is 0.0885. The third-order valence-electron chi connectivity index (χ3n) is 4.17. The molecule has 4 aromatic rings. The molecule has 0 saturated carbocycles. The third kappa shape index (κ3) is 3.64. The number of aromatic nitrogens is 6. The van der Waals surface area contributed by atoms with Crippen LogP contribution in [0.25, 0.3) is 22.1 Å². The smallest absolute Gasteiger partial charge is 0.251 e. The molecule has 142 valence electrons. The van der Waals surface area contributed by atoms with Crippen LogP contribution in [0.3, 0.4) is 0 Å². The molecule has 28 heavy (non-hydrogen) atoms. The molecule has 0 aliphatic heterocycles. The number of aromatic amines is 2. The minimum Gasteiger partial charge on any atom is -0.389 e. The van der Waals surface area contributed by atoms with E-state index in [1.807, 2.05) is 0 Å². The number of aliphatic hydroxyl groups excluding tert-OH is 1. The number of nitrogens with zero attached hydrogens (tertiary/aromatic N) is 4. The van der Waals surface area contributed by atoms with Gasteiger partial charge in [0.1, 0.15) is 11.0 Å². The number of benzene rings is 2. The zero-order valence-corrected chi connectivity index (χ0v) is 14.5. The topological polar surface area (TPSA) is 162 Å². The van der Waals surface area contributed by atoms with Crippen molar-refractivity contribution in [1.82, 2.24) is 41.5 Å². The Kier molecular flexibility index (Phi) is 4.64. The molecule has 11 nitrogen and oxygen atoms in total. The van der Waals surface area contributed by atoms with Gasteiger partial charge in [-0.25, -0.2) is 0 Å². The lowest BCUT2D eigenvalue weighted by Gasteiger charge is -2.13. The first-order valence-electron chi connectivity index (χ1n) is 8.46. The van der Waals surface area contributed by atoms with E-state index in [0.717, 1.165) is 0 Å². The summed E-state index contributed by atoms with van der Waals surface area (Å²) in [4.78, 5) is 24.4. The van der Waals surface area contributed by atoms with Crippen molar-refractivity contribution in [2.75, 3.05) is 13.1 Å². The molecule has 0 atom stereocenters. The van der Waals surface area contributed by atoms with Gasteiger partial charge in [0.05, 0.1) is 17.1 Å². The Balaban J connectivity index is 1.28. The van der Waals surface area contributed by atoms with E-state index in [2.05, 4.69) is 41.5 Å². The highest BCUT2D eigenvalue weighted by Crippen LogP contribution is 2.11. The van der Waals surface area contributed by atoms with Gasteiger partial charge in [0.25, 0.3) is 11.8 Å². The van der Waals surface area contributed by atoms with E-state index < -0.39 is 6.10 Å².